The largest absolute Gasteiger partial charge is 0.462 e. The molecule has 3 heterocycles. The lowest BCUT2D eigenvalue weighted by Gasteiger charge is -2.28. The molecule has 2 saturated heterocycles. The van der Waals surface area contributed by atoms with Crippen molar-refractivity contribution in [1.29, 1.82) is 0 Å². The van der Waals surface area contributed by atoms with E-state index < -0.39 is 0 Å². The zero-order valence-corrected chi connectivity index (χ0v) is 20.1. The van der Waals surface area contributed by atoms with Crippen LogP contribution in [0.3, 0.4) is 0 Å². The Morgan fingerprint density at radius 1 is 1.03 bits per heavy atom. The van der Waals surface area contributed by atoms with Crippen molar-refractivity contribution in [2.24, 2.45) is 0 Å². The van der Waals surface area contributed by atoms with Gasteiger partial charge in [-0.1, -0.05) is 12.1 Å². The molecule has 36 heavy (non-hydrogen) atoms. The van der Waals surface area contributed by atoms with Crippen molar-refractivity contribution in [3.05, 3.63) is 51.6 Å². The number of nitro groups is 1. The number of aryl methyl sites for hydroxylation is 1. The summed E-state index contributed by atoms with van der Waals surface area (Å²) in [4.78, 5) is 24.5. The van der Waals surface area contributed by atoms with Gasteiger partial charge >= 0.3 is 6.01 Å². The van der Waals surface area contributed by atoms with E-state index in [0.29, 0.717) is 31.6 Å². The lowest BCUT2D eigenvalue weighted by molar-refractivity contribution is -0.384. The van der Waals surface area contributed by atoms with Crippen LogP contribution in [0.5, 0.6) is 6.01 Å². The summed E-state index contributed by atoms with van der Waals surface area (Å²) in [5.74, 6) is 1.30. The van der Waals surface area contributed by atoms with Gasteiger partial charge in [0.2, 0.25) is 0 Å². The third-order valence-corrected chi connectivity index (χ3v) is 6.45. The van der Waals surface area contributed by atoms with Crippen molar-refractivity contribution in [3.8, 4) is 6.01 Å². The Balaban J connectivity index is 1.30. The second-order valence-electron chi connectivity index (χ2n) is 8.80. The number of fused-ring (bicyclic) bond motifs is 1. The van der Waals surface area contributed by atoms with Crippen LogP contribution >= 0.6 is 0 Å². The third kappa shape index (κ3) is 6.01. The molecule has 2 aromatic rings. The van der Waals surface area contributed by atoms with Crippen LogP contribution in [-0.2, 0) is 15.9 Å². The molecule has 3 aliphatic rings. The van der Waals surface area contributed by atoms with E-state index in [1.54, 1.807) is 12.1 Å². The fourth-order valence-electron chi connectivity index (χ4n) is 4.47. The average molecular weight is 498 g/mol. The first kappa shape index (κ1) is 24.2. The number of hydrogen-bond donors (Lipinski definition) is 2. The molecule has 2 N–H and O–H groups in total. The summed E-state index contributed by atoms with van der Waals surface area (Å²) in [5.41, 5.74) is 9.09. The molecule has 1 aromatic heterocycles. The molecular formula is C24H31N7O5. The fourth-order valence-corrected chi connectivity index (χ4v) is 4.47. The van der Waals surface area contributed by atoms with Crippen molar-refractivity contribution in [2.45, 2.75) is 12.8 Å². The van der Waals surface area contributed by atoms with Gasteiger partial charge in [-0.05, 0) is 18.4 Å². The Kier molecular flexibility index (Phi) is 7.74. The molecule has 2 aliphatic heterocycles. The quantitative estimate of drug-likeness (QED) is 0.389. The fraction of sp³-hybridized carbons (Fsp3) is 0.500. The first-order valence-corrected chi connectivity index (χ1v) is 12.3. The van der Waals surface area contributed by atoms with Gasteiger partial charge < -0.3 is 19.1 Å². The first-order valence-electron chi connectivity index (χ1n) is 12.3. The number of non-ortho nitro benzene ring substituents is 1. The summed E-state index contributed by atoms with van der Waals surface area (Å²) in [7, 11) is 0. The third-order valence-electron chi connectivity index (χ3n) is 6.45. The Bertz CT molecular complexity index is 1100. The highest BCUT2D eigenvalue weighted by Crippen LogP contribution is 2.29. The second-order valence-corrected chi connectivity index (χ2v) is 8.80. The van der Waals surface area contributed by atoms with Gasteiger partial charge in [0.25, 0.3) is 5.69 Å². The summed E-state index contributed by atoms with van der Waals surface area (Å²) < 4.78 is 16.8. The van der Waals surface area contributed by atoms with Crippen molar-refractivity contribution >= 4 is 23.0 Å². The van der Waals surface area contributed by atoms with Gasteiger partial charge in [-0.15, -0.1) is 0 Å². The predicted octanol–water partition coefficient (Wildman–Crippen LogP) is 1.84. The molecule has 0 radical (unpaired) electrons. The van der Waals surface area contributed by atoms with E-state index in [-0.39, 0.29) is 10.6 Å². The lowest BCUT2D eigenvalue weighted by Crippen LogP contribution is -2.39. The standard InChI is InChI=1S/C24H31N7O5/c32-31(33)19-5-4-18-2-1-3-21(20(18)16-19)27-28-22-17-23(30-9-13-35-14-10-30)26-24(25-22)36-15-8-29-6-11-34-12-7-29/h3-5,16-17,27H,1-2,6-15H2,(H,25,26,28). The number of allylic oxidation sites excluding steroid dienone is 1. The minimum Gasteiger partial charge on any atom is -0.462 e. The van der Waals surface area contributed by atoms with Gasteiger partial charge in [0.15, 0.2) is 5.82 Å². The number of nitrogens with one attached hydrogen (secondary N) is 2. The minimum atomic E-state index is -0.375. The summed E-state index contributed by atoms with van der Waals surface area (Å²) in [6, 6.07) is 7.14. The van der Waals surface area contributed by atoms with Crippen molar-refractivity contribution in [2.75, 3.05) is 76.1 Å². The molecule has 0 unspecified atom stereocenters. The molecule has 2 fully saturated rings. The maximum Gasteiger partial charge on any atom is 0.320 e. The van der Waals surface area contributed by atoms with Gasteiger partial charge in [-0.25, -0.2) is 0 Å². The SMILES string of the molecule is O=[N+]([O-])c1ccc2c(c1)C(NNc1cc(N3CCOCC3)nc(OCCN3CCOCC3)n1)=CCC2. The van der Waals surface area contributed by atoms with Crippen molar-refractivity contribution in [3.63, 3.8) is 0 Å². The van der Waals surface area contributed by atoms with Crippen LogP contribution < -0.4 is 20.5 Å². The molecule has 1 aliphatic carbocycles. The molecule has 5 rings (SSSR count). The maximum atomic E-state index is 11.3. The summed E-state index contributed by atoms with van der Waals surface area (Å²) in [6.07, 6.45) is 3.71. The van der Waals surface area contributed by atoms with Gasteiger partial charge in [0.05, 0.1) is 37.0 Å². The highest BCUT2D eigenvalue weighted by Gasteiger charge is 2.19. The van der Waals surface area contributed by atoms with E-state index in [4.69, 9.17) is 14.2 Å². The normalized spacial score (nSPS) is 18.2. The van der Waals surface area contributed by atoms with Crippen LogP contribution in [0, 0.1) is 10.1 Å². The van der Waals surface area contributed by atoms with Crippen LogP contribution in [0.4, 0.5) is 17.3 Å². The van der Waals surface area contributed by atoms with E-state index >= 15 is 0 Å². The summed E-state index contributed by atoms with van der Waals surface area (Å²) in [6.45, 7) is 7.27. The van der Waals surface area contributed by atoms with Crippen LogP contribution in [0.15, 0.2) is 30.3 Å². The molecule has 0 amide bonds. The van der Waals surface area contributed by atoms with E-state index in [0.717, 1.165) is 81.4 Å². The molecule has 0 atom stereocenters. The highest BCUT2D eigenvalue weighted by atomic mass is 16.6. The number of aromatic nitrogens is 2. The molecule has 12 heteroatoms. The van der Waals surface area contributed by atoms with Crippen molar-refractivity contribution in [1.82, 2.24) is 20.3 Å². The average Bonchev–Trinajstić information content (AvgIpc) is 2.92. The number of benzene rings is 1. The maximum absolute atomic E-state index is 11.3. The zero-order valence-electron chi connectivity index (χ0n) is 20.1. The first-order chi connectivity index (χ1) is 17.7. The van der Waals surface area contributed by atoms with Gasteiger partial charge in [-0.3, -0.25) is 25.9 Å². The van der Waals surface area contributed by atoms with Gasteiger partial charge in [-0.2, -0.15) is 9.97 Å². The van der Waals surface area contributed by atoms with Gasteiger partial charge in [0.1, 0.15) is 12.4 Å². The van der Waals surface area contributed by atoms with Crippen molar-refractivity contribution < 1.29 is 19.1 Å². The van der Waals surface area contributed by atoms with E-state index in [1.165, 1.54) is 0 Å². The number of ether oxygens (including phenoxy) is 3. The second kappa shape index (κ2) is 11.5. The molecule has 0 bridgehead atoms. The number of nitro benzene ring substituents is 1. The van der Waals surface area contributed by atoms with E-state index in [2.05, 4.69) is 30.6 Å². The molecule has 0 saturated carbocycles. The number of anilines is 2. The molecule has 1 aromatic carbocycles. The summed E-state index contributed by atoms with van der Waals surface area (Å²) >= 11 is 0. The Morgan fingerprint density at radius 3 is 2.58 bits per heavy atom. The number of rotatable bonds is 9. The van der Waals surface area contributed by atoms with Crippen LogP contribution in [-0.4, -0.2) is 85.5 Å². The van der Waals surface area contributed by atoms with Crippen LogP contribution in [0.1, 0.15) is 17.5 Å². The number of hydrazine groups is 1. The zero-order chi connectivity index (χ0) is 24.7. The minimum absolute atomic E-state index is 0.0657. The van der Waals surface area contributed by atoms with Crippen LogP contribution in [0.2, 0.25) is 0 Å². The molecular weight excluding hydrogens is 466 g/mol. The summed E-state index contributed by atoms with van der Waals surface area (Å²) in [5, 5.41) is 11.3. The number of morpholine rings is 2. The van der Waals surface area contributed by atoms with Crippen LogP contribution in [0.25, 0.3) is 5.70 Å². The Hall–Kier alpha value is -3.48. The highest BCUT2D eigenvalue weighted by molar-refractivity contribution is 5.71. The van der Waals surface area contributed by atoms with E-state index in [9.17, 15) is 10.1 Å². The number of nitrogens with zero attached hydrogens (tertiary/aromatic N) is 5. The molecule has 0 spiro atoms. The Morgan fingerprint density at radius 2 is 1.81 bits per heavy atom. The topological polar surface area (TPSA) is 127 Å². The monoisotopic (exact) mass is 497 g/mol. The molecule has 12 nitrogen and oxygen atoms in total. The van der Waals surface area contributed by atoms with Gasteiger partial charge in [0, 0.05) is 56.5 Å². The molecule has 192 valence electrons. The number of hydrogen-bond acceptors (Lipinski definition) is 11. The lowest BCUT2D eigenvalue weighted by atomic mass is 9.94. The van der Waals surface area contributed by atoms with E-state index in [1.807, 2.05) is 18.2 Å². The predicted molar refractivity (Wildman–Crippen MR) is 134 cm³/mol. The Labute approximate surface area is 209 Å². The smallest absolute Gasteiger partial charge is 0.320 e.